The van der Waals surface area contributed by atoms with E-state index >= 15 is 0 Å². The largest absolute Gasteiger partial charge is 0.416 e. The molecular formula is C10H9F6N. The van der Waals surface area contributed by atoms with Crippen LogP contribution in [0.4, 0.5) is 26.3 Å². The number of benzene rings is 1. The van der Waals surface area contributed by atoms with Crippen molar-refractivity contribution in [2.45, 2.75) is 24.8 Å². The second-order valence-electron chi connectivity index (χ2n) is 3.55. The topological polar surface area (TPSA) is 26.0 Å². The van der Waals surface area contributed by atoms with E-state index in [1.807, 2.05) is 0 Å². The predicted octanol–water partition coefficient (Wildman–Crippen LogP) is 3.66. The van der Waals surface area contributed by atoms with Crippen molar-refractivity contribution in [2.75, 3.05) is 0 Å². The molecule has 1 aromatic rings. The molecule has 0 aliphatic carbocycles. The average molecular weight is 257 g/mol. The summed E-state index contributed by atoms with van der Waals surface area (Å²) < 4.78 is 73.0. The van der Waals surface area contributed by atoms with E-state index in [9.17, 15) is 26.3 Å². The third kappa shape index (κ3) is 4.26. The Bertz CT molecular complexity index is 381. The van der Waals surface area contributed by atoms with Crippen LogP contribution in [0, 0.1) is 0 Å². The standard InChI is InChI=1S/C10H9F6N/c11-9(12,13)5-8(17)6-2-1-3-7(4-6)10(14,15)16/h1-4,8H,5,17H2/t8-/m0/s1. The quantitative estimate of drug-likeness (QED) is 0.804. The van der Waals surface area contributed by atoms with Gasteiger partial charge in [-0.05, 0) is 17.7 Å². The first-order valence-corrected chi connectivity index (χ1v) is 4.59. The highest BCUT2D eigenvalue weighted by Crippen LogP contribution is 2.33. The summed E-state index contributed by atoms with van der Waals surface area (Å²) in [7, 11) is 0. The van der Waals surface area contributed by atoms with Crippen molar-refractivity contribution in [1.82, 2.24) is 0 Å². The summed E-state index contributed by atoms with van der Waals surface area (Å²) in [6.07, 6.45) is -10.4. The first-order valence-electron chi connectivity index (χ1n) is 4.59. The normalized spacial score (nSPS) is 14.8. The Labute approximate surface area is 93.2 Å². The first-order chi connectivity index (χ1) is 7.59. The molecule has 0 fully saturated rings. The van der Waals surface area contributed by atoms with Crippen molar-refractivity contribution >= 4 is 0 Å². The van der Waals surface area contributed by atoms with Gasteiger partial charge in [0.2, 0.25) is 0 Å². The highest BCUT2D eigenvalue weighted by Gasteiger charge is 2.33. The van der Waals surface area contributed by atoms with Gasteiger partial charge in [-0.1, -0.05) is 12.1 Å². The van der Waals surface area contributed by atoms with Crippen molar-refractivity contribution in [3.63, 3.8) is 0 Å². The molecule has 0 radical (unpaired) electrons. The van der Waals surface area contributed by atoms with Gasteiger partial charge in [0.1, 0.15) is 0 Å². The molecule has 96 valence electrons. The third-order valence-electron chi connectivity index (χ3n) is 2.09. The molecule has 0 saturated carbocycles. The highest BCUT2D eigenvalue weighted by molar-refractivity contribution is 5.27. The molecule has 0 aliphatic rings. The van der Waals surface area contributed by atoms with Gasteiger partial charge in [-0.3, -0.25) is 0 Å². The van der Waals surface area contributed by atoms with E-state index in [1.54, 1.807) is 0 Å². The molecule has 0 unspecified atom stereocenters. The highest BCUT2D eigenvalue weighted by atomic mass is 19.4. The number of halogens is 6. The van der Waals surface area contributed by atoms with E-state index in [1.165, 1.54) is 0 Å². The van der Waals surface area contributed by atoms with Crippen molar-refractivity contribution in [3.05, 3.63) is 35.4 Å². The van der Waals surface area contributed by atoms with E-state index in [0.29, 0.717) is 6.07 Å². The minimum absolute atomic E-state index is 0.183. The predicted molar refractivity (Wildman–Crippen MR) is 49.0 cm³/mol. The van der Waals surface area contributed by atoms with Gasteiger partial charge in [-0.25, -0.2) is 0 Å². The van der Waals surface area contributed by atoms with Gasteiger partial charge < -0.3 is 5.73 Å². The van der Waals surface area contributed by atoms with Gasteiger partial charge in [0, 0.05) is 6.04 Å². The molecule has 0 bridgehead atoms. The lowest BCUT2D eigenvalue weighted by Crippen LogP contribution is -2.20. The lowest BCUT2D eigenvalue weighted by Gasteiger charge is -2.16. The molecule has 0 heterocycles. The van der Waals surface area contributed by atoms with E-state index in [-0.39, 0.29) is 5.56 Å². The van der Waals surface area contributed by atoms with Crippen molar-refractivity contribution in [3.8, 4) is 0 Å². The summed E-state index contributed by atoms with van der Waals surface area (Å²) in [6.45, 7) is 0. The van der Waals surface area contributed by atoms with Gasteiger partial charge in [-0.15, -0.1) is 0 Å². The maximum atomic E-state index is 12.3. The molecule has 17 heavy (non-hydrogen) atoms. The molecule has 1 nitrogen and oxygen atoms in total. The molecule has 0 amide bonds. The summed E-state index contributed by atoms with van der Waals surface area (Å²) in [5.74, 6) is 0. The van der Waals surface area contributed by atoms with Crippen LogP contribution in [-0.2, 0) is 6.18 Å². The molecule has 0 aliphatic heterocycles. The Morgan fingerprint density at radius 3 is 2.12 bits per heavy atom. The van der Waals surface area contributed by atoms with Crippen LogP contribution in [-0.4, -0.2) is 6.18 Å². The number of nitrogens with two attached hydrogens (primary N) is 1. The summed E-state index contributed by atoms with van der Waals surface area (Å²) in [5.41, 5.74) is 4.02. The summed E-state index contributed by atoms with van der Waals surface area (Å²) in [6, 6.07) is 2.11. The second kappa shape index (κ2) is 4.56. The molecule has 0 aromatic heterocycles. The van der Waals surface area contributed by atoms with Crippen LogP contribution in [0.1, 0.15) is 23.6 Å². The fourth-order valence-electron chi connectivity index (χ4n) is 1.31. The molecule has 7 heteroatoms. The van der Waals surface area contributed by atoms with Gasteiger partial charge in [0.05, 0.1) is 12.0 Å². The van der Waals surface area contributed by atoms with Crippen molar-refractivity contribution in [2.24, 2.45) is 5.73 Å². The van der Waals surface area contributed by atoms with Gasteiger partial charge in [0.15, 0.2) is 0 Å². The fourth-order valence-corrected chi connectivity index (χ4v) is 1.31. The minimum Gasteiger partial charge on any atom is -0.324 e. The van der Waals surface area contributed by atoms with E-state index in [0.717, 1.165) is 18.2 Å². The fraction of sp³-hybridized carbons (Fsp3) is 0.400. The average Bonchev–Trinajstić information content (AvgIpc) is 2.14. The molecular weight excluding hydrogens is 248 g/mol. The van der Waals surface area contributed by atoms with Crippen molar-refractivity contribution < 1.29 is 26.3 Å². The second-order valence-corrected chi connectivity index (χ2v) is 3.55. The lowest BCUT2D eigenvalue weighted by molar-refractivity contribution is -0.138. The maximum Gasteiger partial charge on any atom is 0.416 e. The summed E-state index contributed by atoms with van der Waals surface area (Å²) in [4.78, 5) is 0. The van der Waals surface area contributed by atoms with Crippen LogP contribution in [0.25, 0.3) is 0 Å². The number of hydrogen-bond donors (Lipinski definition) is 1. The Balaban J connectivity index is 2.92. The van der Waals surface area contributed by atoms with Crippen LogP contribution < -0.4 is 5.73 Å². The zero-order valence-corrected chi connectivity index (χ0v) is 8.44. The molecule has 2 N–H and O–H groups in total. The number of alkyl halides is 6. The number of hydrogen-bond acceptors (Lipinski definition) is 1. The Morgan fingerprint density at radius 1 is 1.06 bits per heavy atom. The molecule has 0 saturated heterocycles. The molecule has 1 atom stereocenters. The Kier molecular flexibility index (Phi) is 3.71. The monoisotopic (exact) mass is 257 g/mol. The zero-order valence-electron chi connectivity index (χ0n) is 8.44. The zero-order chi connectivity index (χ0) is 13.3. The van der Waals surface area contributed by atoms with Crippen LogP contribution in [0.3, 0.4) is 0 Å². The molecule has 1 rings (SSSR count). The third-order valence-corrected chi connectivity index (χ3v) is 2.09. The first kappa shape index (κ1) is 13.8. The molecule has 0 spiro atoms. The summed E-state index contributed by atoms with van der Waals surface area (Å²) in [5, 5.41) is 0. The number of rotatable bonds is 2. The molecule has 1 aromatic carbocycles. The van der Waals surface area contributed by atoms with Crippen LogP contribution >= 0.6 is 0 Å². The van der Waals surface area contributed by atoms with Gasteiger partial charge >= 0.3 is 12.4 Å². The minimum atomic E-state index is -4.59. The van der Waals surface area contributed by atoms with Crippen LogP contribution in [0.5, 0.6) is 0 Å². The SMILES string of the molecule is N[C@@H](CC(F)(F)F)c1cccc(C(F)(F)F)c1. The van der Waals surface area contributed by atoms with Crippen LogP contribution in [0.2, 0.25) is 0 Å². The lowest BCUT2D eigenvalue weighted by atomic mass is 10.0. The Hall–Kier alpha value is -1.24. The Morgan fingerprint density at radius 2 is 1.65 bits per heavy atom. The summed E-state index contributed by atoms with van der Waals surface area (Å²) >= 11 is 0. The van der Waals surface area contributed by atoms with E-state index in [4.69, 9.17) is 5.73 Å². The smallest absolute Gasteiger partial charge is 0.324 e. The van der Waals surface area contributed by atoms with E-state index < -0.39 is 30.4 Å². The van der Waals surface area contributed by atoms with Crippen LogP contribution in [0.15, 0.2) is 24.3 Å². The van der Waals surface area contributed by atoms with E-state index in [2.05, 4.69) is 0 Å². The van der Waals surface area contributed by atoms with Gasteiger partial charge in [0.25, 0.3) is 0 Å². The maximum absolute atomic E-state index is 12.3. The van der Waals surface area contributed by atoms with Crippen molar-refractivity contribution in [1.29, 1.82) is 0 Å². The van der Waals surface area contributed by atoms with Gasteiger partial charge in [-0.2, -0.15) is 26.3 Å².